The Morgan fingerprint density at radius 2 is 1.79 bits per heavy atom. The maximum absolute atomic E-state index is 12.8. The van der Waals surface area contributed by atoms with Crippen LogP contribution in [0.15, 0.2) is 59.6 Å². The minimum absolute atomic E-state index is 0.00280. The van der Waals surface area contributed by atoms with E-state index in [-0.39, 0.29) is 11.2 Å². The van der Waals surface area contributed by atoms with Crippen LogP contribution in [0.25, 0.3) is 11.3 Å². The van der Waals surface area contributed by atoms with Crippen molar-refractivity contribution in [2.75, 3.05) is 5.32 Å². The molecule has 2 aromatic carbocycles. The van der Waals surface area contributed by atoms with Crippen LogP contribution in [0, 0.1) is 20.8 Å². The van der Waals surface area contributed by atoms with Crippen LogP contribution in [0.2, 0.25) is 0 Å². The minimum atomic E-state index is -0.223. The molecule has 0 aliphatic carbocycles. The number of aryl methyl sites for hydroxylation is 3. The molecule has 0 fully saturated rings. The molecule has 1 heterocycles. The molecule has 1 unspecified atom stereocenters. The van der Waals surface area contributed by atoms with Crippen molar-refractivity contribution in [2.45, 2.75) is 44.4 Å². The van der Waals surface area contributed by atoms with Gasteiger partial charge in [0, 0.05) is 11.3 Å². The van der Waals surface area contributed by atoms with Crippen molar-refractivity contribution >= 4 is 23.4 Å². The normalized spacial score (nSPS) is 11.9. The first-order valence-corrected chi connectivity index (χ1v) is 10.3. The molecule has 3 aromatic rings. The summed E-state index contributed by atoms with van der Waals surface area (Å²) in [6.45, 7) is 7.96. The maximum atomic E-state index is 12.8. The SMILES string of the molecule is CCC(Sc1cc(-c2ccccc2)nc(C)n1)C(=O)Nc1ccc(C)cc1C. The molecule has 1 amide bonds. The van der Waals surface area contributed by atoms with Gasteiger partial charge < -0.3 is 5.32 Å². The number of benzene rings is 2. The molecule has 1 N–H and O–H groups in total. The smallest absolute Gasteiger partial charge is 0.237 e. The maximum Gasteiger partial charge on any atom is 0.237 e. The van der Waals surface area contributed by atoms with Crippen LogP contribution in [0.5, 0.6) is 0 Å². The number of thioether (sulfide) groups is 1. The summed E-state index contributed by atoms with van der Waals surface area (Å²) in [4.78, 5) is 21.9. The van der Waals surface area contributed by atoms with Gasteiger partial charge in [-0.2, -0.15) is 0 Å². The highest BCUT2D eigenvalue weighted by Gasteiger charge is 2.20. The summed E-state index contributed by atoms with van der Waals surface area (Å²) >= 11 is 1.48. The molecule has 0 aliphatic rings. The fourth-order valence-electron chi connectivity index (χ4n) is 2.99. The monoisotopic (exact) mass is 391 g/mol. The first kappa shape index (κ1) is 20.1. The summed E-state index contributed by atoms with van der Waals surface area (Å²) in [5, 5.41) is 3.66. The van der Waals surface area contributed by atoms with E-state index in [1.807, 2.05) is 76.2 Å². The van der Waals surface area contributed by atoms with E-state index in [2.05, 4.69) is 21.4 Å². The minimum Gasteiger partial charge on any atom is -0.325 e. The highest BCUT2D eigenvalue weighted by atomic mass is 32.2. The van der Waals surface area contributed by atoms with E-state index in [1.165, 1.54) is 17.3 Å². The van der Waals surface area contributed by atoms with Gasteiger partial charge >= 0.3 is 0 Å². The molecule has 0 radical (unpaired) electrons. The van der Waals surface area contributed by atoms with Gasteiger partial charge in [0.25, 0.3) is 0 Å². The van der Waals surface area contributed by atoms with Crippen LogP contribution in [-0.4, -0.2) is 21.1 Å². The summed E-state index contributed by atoms with van der Waals surface area (Å²) < 4.78 is 0. The fourth-order valence-corrected chi connectivity index (χ4v) is 3.98. The molecule has 0 saturated carbocycles. The first-order valence-electron chi connectivity index (χ1n) is 9.42. The molecule has 28 heavy (non-hydrogen) atoms. The van der Waals surface area contributed by atoms with Gasteiger partial charge in [0.05, 0.1) is 10.9 Å². The van der Waals surface area contributed by atoms with Crippen LogP contribution in [0.1, 0.15) is 30.3 Å². The van der Waals surface area contributed by atoms with Crippen LogP contribution in [-0.2, 0) is 4.79 Å². The standard InChI is InChI=1S/C23H25N3OS/c1-5-21(23(27)26-19-12-11-15(2)13-16(19)3)28-22-14-20(24-17(4)25-22)18-9-7-6-8-10-18/h6-14,21H,5H2,1-4H3,(H,26,27). The highest BCUT2D eigenvalue weighted by Crippen LogP contribution is 2.28. The lowest BCUT2D eigenvalue weighted by Gasteiger charge is -2.16. The number of nitrogens with zero attached hydrogens (tertiary/aromatic N) is 2. The van der Waals surface area contributed by atoms with Crippen LogP contribution in [0.4, 0.5) is 5.69 Å². The van der Waals surface area contributed by atoms with Gasteiger partial charge in [-0.15, -0.1) is 0 Å². The van der Waals surface area contributed by atoms with Crippen LogP contribution < -0.4 is 5.32 Å². The third kappa shape index (κ3) is 4.98. The van der Waals surface area contributed by atoms with Crippen molar-refractivity contribution < 1.29 is 4.79 Å². The molecule has 1 atom stereocenters. The van der Waals surface area contributed by atoms with Crippen molar-refractivity contribution in [3.63, 3.8) is 0 Å². The molecule has 0 aliphatic heterocycles. The average Bonchev–Trinajstić information content (AvgIpc) is 2.68. The molecular formula is C23H25N3OS. The molecule has 0 saturated heterocycles. The third-order valence-electron chi connectivity index (χ3n) is 4.45. The van der Waals surface area contributed by atoms with Crippen molar-refractivity contribution in [3.05, 3.63) is 71.5 Å². The molecule has 5 heteroatoms. The second-order valence-corrected chi connectivity index (χ2v) is 8.05. The summed E-state index contributed by atoms with van der Waals surface area (Å²) in [6, 6.07) is 18.0. The number of nitrogens with one attached hydrogen (secondary N) is 1. The van der Waals surface area contributed by atoms with Crippen molar-refractivity contribution in [1.29, 1.82) is 0 Å². The van der Waals surface area contributed by atoms with Crippen LogP contribution >= 0.6 is 11.8 Å². The van der Waals surface area contributed by atoms with E-state index in [0.29, 0.717) is 12.2 Å². The molecule has 1 aromatic heterocycles. The van der Waals surface area contributed by atoms with Gasteiger partial charge in [-0.1, -0.05) is 66.7 Å². The van der Waals surface area contributed by atoms with Gasteiger partial charge in [-0.05, 0) is 44.9 Å². The third-order valence-corrected chi connectivity index (χ3v) is 5.73. The quantitative estimate of drug-likeness (QED) is 0.440. The molecular weight excluding hydrogens is 366 g/mol. The lowest BCUT2D eigenvalue weighted by molar-refractivity contribution is -0.115. The van der Waals surface area contributed by atoms with Gasteiger partial charge in [0.2, 0.25) is 5.91 Å². The summed E-state index contributed by atoms with van der Waals surface area (Å²) in [6.07, 6.45) is 0.713. The summed E-state index contributed by atoms with van der Waals surface area (Å²) in [5.74, 6) is 0.700. The Balaban J connectivity index is 1.78. The molecule has 144 valence electrons. The topological polar surface area (TPSA) is 54.9 Å². The Bertz CT molecular complexity index is 973. The Morgan fingerprint density at radius 3 is 2.46 bits per heavy atom. The van der Waals surface area contributed by atoms with E-state index in [0.717, 1.165) is 27.5 Å². The van der Waals surface area contributed by atoms with Crippen molar-refractivity contribution in [3.8, 4) is 11.3 Å². The summed E-state index contributed by atoms with van der Waals surface area (Å²) in [5.41, 5.74) is 5.03. The number of carbonyl (C=O) groups is 1. The summed E-state index contributed by atoms with van der Waals surface area (Å²) in [7, 11) is 0. The number of rotatable bonds is 6. The zero-order valence-electron chi connectivity index (χ0n) is 16.7. The Morgan fingerprint density at radius 1 is 1.04 bits per heavy atom. The zero-order chi connectivity index (χ0) is 20.1. The predicted molar refractivity (Wildman–Crippen MR) is 117 cm³/mol. The Labute approximate surface area is 170 Å². The largest absolute Gasteiger partial charge is 0.325 e. The predicted octanol–water partition coefficient (Wildman–Crippen LogP) is 5.58. The highest BCUT2D eigenvalue weighted by molar-refractivity contribution is 8.00. The van der Waals surface area contributed by atoms with E-state index < -0.39 is 0 Å². The Kier molecular flexibility index (Phi) is 6.47. The molecule has 3 rings (SSSR count). The average molecular weight is 392 g/mol. The number of carbonyl (C=O) groups excluding carboxylic acids is 1. The number of aromatic nitrogens is 2. The zero-order valence-corrected chi connectivity index (χ0v) is 17.5. The van der Waals surface area contributed by atoms with Crippen molar-refractivity contribution in [2.24, 2.45) is 0 Å². The van der Waals surface area contributed by atoms with Crippen molar-refractivity contribution in [1.82, 2.24) is 9.97 Å². The van der Waals surface area contributed by atoms with Gasteiger partial charge in [-0.25, -0.2) is 9.97 Å². The lowest BCUT2D eigenvalue weighted by Crippen LogP contribution is -2.25. The molecule has 0 spiro atoms. The first-order chi connectivity index (χ1) is 13.5. The van der Waals surface area contributed by atoms with Crippen LogP contribution in [0.3, 0.4) is 0 Å². The van der Waals surface area contributed by atoms with E-state index in [4.69, 9.17) is 0 Å². The second kappa shape index (κ2) is 9.02. The number of hydrogen-bond acceptors (Lipinski definition) is 4. The lowest BCUT2D eigenvalue weighted by atomic mass is 10.1. The number of anilines is 1. The van der Waals surface area contributed by atoms with E-state index in [1.54, 1.807) is 0 Å². The van der Waals surface area contributed by atoms with Gasteiger partial charge in [-0.3, -0.25) is 4.79 Å². The number of amides is 1. The number of hydrogen-bond donors (Lipinski definition) is 1. The molecule has 0 bridgehead atoms. The second-order valence-electron chi connectivity index (χ2n) is 6.83. The van der Waals surface area contributed by atoms with Gasteiger partial charge in [0.15, 0.2) is 0 Å². The van der Waals surface area contributed by atoms with E-state index >= 15 is 0 Å². The Hall–Kier alpha value is -2.66. The van der Waals surface area contributed by atoms with Gasteiger partial charge in [0.1, 0.15) is 10.9 Å². The molecule has 4 nitrogen and oxygen atoms in total. The van der Waals surface area contributed by atoms with E-state index in [9.17, 15) is 4.79 Å². The fraction of sp³-hybridized carbons (Fsp3) is 0.261.